The fraction of sp³-hybridized carbons (Fsp3) is 0.516. The van der Waals surface area contributed by atoms with Crippen molar-refractivity contribution in [3.05, 3.63) is 52.6 Å². The number of aliphatic carboxylic acids is 1. The molecule has 1 fully saturated rings. The molecule has 2 aromatic rings. The minimum atomic E-state index is -1.53. The van der Waals surface area contributed by atoms with Crippen molar-refractivity contribution >= 4 is 29.3 Å². The van der Waals surface area contributed by atoms with Crippen LogP contribution in [0, 0.1) is 19.8 Å². The van der Waals surface area contributed by atoms with E-state index in [1.165, 1.54) is 43.5 Å². The van der Waals surface area contributed by atoms with E-state index in [2.05, 4.69) is 22.8 Å². The highest BCUT2D eigenvalue weighted by Crippen LogP contribution is 2.34. The van der Waals surface area contributed by atoms with Gasteiger partial charge in [0.2, 0.25) is 0 Å². The van der Waals surface area contributed by atoms with E-state index >= 15 is 0 Å². The number of hydrogen-bond donors (Lipinski definition) is 4. The molecule has 42 heavy (non-hydrogen) atoms. The predicted molar refractivity (Wildman–Crippen MR) is 159 cm³/mol. The second-order valence-electron chi connectivity index (χ2n) is 11.8. The normalized spacial score (nSPS) is 14.7. The SMILES string of the molecule is COCCOc1ccc(C(=O)ON([C@H](C(=O)O)[C@@H](C)O)C(C)(C)C)c(NC(=O)Nc2c(C)cc(CC3CC3)cc2C)c1. The number of nitrogens with zero attached hydrogens (tertiary/aromatic N) is 1. The van der Waals surface area contributed by atoms with E-state index < -0.39 is 35.7 Å². The zero-order valence-corrected chi connectivity index (χ0v) is 25.4. The molecule has 230 valence electrons. The molecular formula is C31H43N3O8. The molecule has 2 aromatic carbocycles. The lowest BCUT2D eigenvalue weighted by Crippen LogP contribution is -2.56. The van der Waals surface area contributed by atoms with E-state index in [0.29, 0.717) is 18.0 Å². The van der Waals surface area contributed by atoms with Crippen molar-refractivity contribution in [2.45, 2.75) is 78.5 Å². The second kappa shape index (κ2) is 14.0. The summed E-state index contributed by atoms with van der Waals surface area (Å²) in [6, 6.07) is 6.48. The van der Waals surface area contributed by atoms with Gasteiger partial charge in [0.1, 0.15) is 12.4 Å². The lowest BCUT2D eigenvalue weighted by atomic mass is 10.0. The van der Waals surface area contributed by atoms with Crippen LogP contribution in [-0.4, -0.2) is 71.3 Å². The van der Waals surface area contributed by atoms with Crippen molar-refractivity contribution in [3.8, 4) is 5.75 Å². The summed E-state index contributed by atoms with van der Waals surface area (Å²) in [6.45, 7) is 10.7. The van der Waals surface area contributed by atoms with E-state index in [0.717, 1.165) is 28.5 Å². The Morgan fingerprint density at radius 3 is 2.21 bits per heavy atom. The number of carbonyl (C=O) groups is 3. The molecule has 11 heteroatoms. The van der Waals surface area contributed by atoms with Crippen LogP contribution < -0.4 is 15.4 Å². The van der Waals surface area contributed by atoms with Gasteiger partial charge in [-0.2, -0.15) is 0 Å². The summed E-state index contributed by atoms with van der Waals surface area (Å²) in [5.41, 5.74) is 2.83. The highest BCUT2D eigenvalue weighted by atomic mass is 16.7. The highest BCUT2D eigenvalue weighted by molar-refractivity contribution is 6.05. The lowest BCUT2D eigenvalue weighted by molar-refractivity contribution is -0.215. The molecule has 0 saturated heterocycles. The summed E-state index contributed by atoms with van der Waals surface area (Å²) in [6.07, 6.45) is 2.18. The van der Waals surface area contributed by atoms with Gasteiger partial charge in [-0.1, -0.05) is 12.1 Å². The van der Waals surface area contributed by atoms with E-state index in [-0.39, 0.29) is 17.9 Å². The van der Waals surface area contributed by atoms with Gasteiger partial charge in [0, 0.05) is 24.4 Å². The molecule has 0 heterocycles. The van der Waals surface area contributed by atoms with Crippen LogP contribution in [0.5, 0.6) is 5.75 Å². The molecule has 2 atom stereocenters. The number of carboxylic acids is 1. The molecule has 0 spiro atoms. The average molecular weight is 586 g/mol. The third-order valence-electron chi connectivity index (χ3n) is 6.87. The van der Waals surface area contributed by atoms with Gasteiger partial charge in [0.15, 0.2) is 6.04 Å². The van der Waals surface area contributed by atoms with Gasteiger partial charge in [0.25, 0.3) is 0 Å². The van der Waals surface area contributed by atoms with Crippen molar-refractivity contribution in [3.63, 3.8) is 0 Å². The summed E-state index contributed by atoms with van der Waals surface area (Å²) < 4.78 is 10.7. The number of methoxy groups -OCH3 is 1. The molecule has 1 aliphatic rings. The van der Waals surface area contributed by atoms with E-state index in [9.17, 15) is 24.6 Å². The summed E-state index contributed by atoms with van der Waals surface area (Å²) in [5.74, 6) is -1.17. The number of urea groups is 1. The van der Waals surface area contributed by atoms with Crippen LogP contribution in [0.25, 0.3) is 0 Å². The zero-order chi connectivity index (χ0) is 31.2. The molecule has 0 aliphatic heterocycles. The maximum absolute atomic E-state index is 13.5. The fourth-order valence-corrected chi connectivity index (χ4v) is 4.68. The van der Waals surface area contributed by atoms with E-state index in [4.69, 9.17) is 14.3 Å². The molecule has 1 saturated carbocycles. The van der Waals surface area contributed by atoms with Crippen LogP contribution in [0.1, 0.15) is 67.6 Å². The van der Waals surface area contributed by atoms with Crippen LogP contribution >= 0.6 is 0 Å². The Bertz CT molecular complexity index is 1260. The Kier molecular flexibility index (Phi) is 10.9. The van der Waals surface area contributed by atoms with Crippen LogP contribution in [0.15, 0.2) is 30.3 Å². The van der Waals surface area contributed by atoms with Crippen LogP contribution in [0.4, 0.5) is 16.2 Å². The van der Waals surface area contributed by atoms with Crippen LogP contribution in [0.3, 0.4) is 0 Å². The monoisotopic (exact) mass is 585 g/mol. The number of nitrogens with one attached hydrogen (secondary N) is 2. The zero-order valence-electron chi connectivity index (χ0n) is 25.4. The number of aryl methyl sites for hydroxylation is 2. The molecule has 0 unspecified atom stereocenters. The number of rotatable bonds is 13. The Morgan fingerprint density at radius 2 is 1.69 bits per heavy atom. The molecule has 0 radical (unpaired) electrons. The average Bonchev–Trinajstić information content (AvgIpc) is 3.69. The third-order valence-corrected chi connectivity index (χ3v) is 6.87. The maximum Gasteiger partial charge on any atom is 0.359 e. The minimum absolute atomic E-state index is 0.0403. The molecule has 4 N–H and O–H groups in total. The number of aliphatic hydroxyl groups excluding tert-OH is 1. The van der Waals surface area contributed by atoms with Crippen molar-refractivity contribution in [1.29, 1.82) is 0 Å². The summed E-state index contributed by atoms with van der Waals surface area (Å²) >= 11 is 0. The van der Waals surface area contributed by atoms with Gasteiger partial charge >= 0.3 is 18.0 Å². The molecule has 3 rings (SSSR count). The number of amides is 2. The Balaban J connectivity index is 1.88. The Hall–Kier alpha value is -3.67. The van der Waals surface area contributed by atoms with Crippen molar-refractivity contribution in [1.82, 2.24) is 5.06 Å². The van der Waals surface area contributed by atoms with Crippen molar-refractivity contribution in [2.75, 3.05) is 31.0 Å². The Labute approximate surface area is 247 Å². The molecule has 1 aliphatic carbocycles. The summed E-state index contributed by atoms with van der Waals surface area (Å²) in [5, 5.41) is 26.5. The van der Waals surface area contributed by atoms with Crippen molar-refractivity contribution < 1.29 is 38.9 Å². The Morgan fingerprint density at radius 1 is 1.05 bits per heavy atom. The largest absolute Gasteiger partial charge is 0.491 e. The van der Waals surface area contributed by atoms with Gasteiger partial charge in [-0.15, -0.1) is 5.06 Å². The van der Waals surface area contributed by atoms with Gasteiger partial charge in [-0.05, 0) is 95.5 Å². The first-order chi connectivity index (χ1) is 19.7. The lowest BCUT2D eigenvalue weighted by Gasteiger charge is -2.38. The van der Waals surface area contributed by atoms with Crippen molar-refractivity contribution in [2.24, 2.45) is 5.92 Å². The van der Waals surface area contributed by atoms with Crippen LogP contribution in [0.2, 0.25) is 0 Å². The minimum Gasteiger partial charge on any atom is -0.491 e. The number of hydroxylamine groups is 2. The third kappa shape index (κ3) is 8.91. The quantitative estimate of drug-likeness (QED) is 0.190. The van der Waals surface area contributed by atoms with Gasteiger partial charge in [0.05, 0.1) is 24.0 Å². The smallest absolute Gasteiger partial charge is 0.359 e. The summed E-state index contributed by atoms with van der Waals surface area (Å²) in [4.78, 5) is 44.2. The fourth-order valence-electron chi connectivity index (χ4n) is 4.68. The number of ether oxygens (including phenoxy) is 2. The first-order valence-corrected chi connectivity index (χ1v) is 14.1. The number of carboxylic acid groups (broad SMARTS) is 1. The number of carbonyl (C=O) groups excluding carboxylic acids is 2. The molecular weight excluding hydrogens is 542 g/mol. The maximum atomic E-state index is 13.5. The first kappa shape index (κ1) is 32.8. The standard InChI is InChI=1S/C31H43N3O8/c1-18-14-22(16-21-8-9-21)15-19(2)26(18)33-30(39)32-25-17-23(41-13-12-40-7)10-11-24(25)29(38)42-34(31(4,5)6)27(20(3)35)28(36)37/h10-11,14-15,17,20-21,27,35H,8-9,12-13,16H2,1-7H3,(H,36,37)(H2,32,33,39)/t20-,27+/m1/s1. The molecule has 0 aromatic heterocycles. The number of benzene rings is 2. The summed E-state index contributed by atoms with van der Waals surface area (Å²) in [7, 11) is 1.54. The molecule has 2 amide bonds. The van der Waals surface area contributed by atoms with Gasteiger partial charge in [-0.3, -0.25) is 4.79 Å². The second-order valence-corrected chi connectivity index (χ2v) is 11.8. The molecule has 11 nitrogen and oxygen atoms in total. The van der Waals surface area contributed by atoms with Crippen LogP contribution in [-0.2, 0) is 20.8 Å². The predicted octanol–water partition coefficient (Wildman–Crippen LogP) is 4.93. The van der Waals surface area contributed by atoms with E-state index in [1.807, 2.05) is 13.8 Å². The number of hydrogen-bond acceptors (Lipinski definition) is 8. The number of anilines is 2. The highest BCUT2D eigenvalue weighted by Gasteiger charge is 2.40. The number of aliphatic hydroxyl groups is 1. The van der Waals surface area contributed by atoms with Gasteiger partial charge in [-0.25, -0.2) is 9.59 Å². The van der Waals surface area contributed by atoms with E-state index in [1.54, 1.807) is 27.9 Å². The van der Waals surface area contributed by atoms with Gasteiger partial charge < -0.3 is 35.2 Å². The molecule has 0 bridgehead atoms. The topological polar surface area (TPSA) is 147 Å². The first-order valence-electron chi connectivity index (χ1n) is 14.1.